The van der Waals surface area contributed by atoms with Gasteiger partial charge in [-0.25, -0.2) is 0 Å². The summed E-state index contributed by atoms with van der Waals surface area (Å²) in [6.45, 7) is 9.09. The monoisotopic (exact) mass is 365 g/mol. The minimum absolute atomic E-state index is 0.354. The first kappa shape index (κ1) is 15.5. The Balaban J connectivity index is 2.01. The molecule has 4 aliphatic rings. The zero-order valence-corrected chi connectivity index (χ0v) is 15.2. The van der Waals surface area contributed by atoms with E-state index in [0.717, 1.165) is 12.8 Å². The number of rotatable bonds is 6. The van der Waals surface area contributed by atoms with E-state index in [1.807, 2.05) is 13.8 Å². The highest BCUT2D eigenvalue weighted by Crippen LogP contribution is 2.81. The smallest absolute Gasteiger partial charge is 0.308 e. The summed E-state index contributed by atoms with van der Waals surface area (Å²) >= 11 is 3.83. The van der Waals surface area contributed by atoms with Gasteiger partial charge in [-0.15, -0.1) is 0 Å². The number of alkyl halides is 1. The van der Waals surface area contributed by atoms with Crippen molar-refractivity contribution in [2.45, 2.75) is 62.7 Å². The van der Waals surface area contributed by atoms with Crippen molar-refractivity contribution >= 4 is 23.5 Å². The molecule has 2 heterocycles. The molecule has 4 fully saturated rings. The molecule has 20 heavy (non-hydrogen) atoms. The molecular formula is C14H25BrNO3P. The summed E-state index contributed by atoms with van der Waals surface area (Å²) in [5, 5.41) is -0.354. The third-order valence-electron chi connectivity index (χ3n) is 5.33. The number of nitrogens with zero attached hydrogens (tertiary/aromatic N) is 1. The van der Waals surface area contributed by atoms with E-state index in [2.05, 4.69) is 34.7 Å². The van der Waals surface area contributed by atoms with Gasteiger partial charge in [0.25, 0.3) is 0 Å². The predicted octanol–water partition coefficient (Wildman–Crippen LogP) is 3.84. The molecule has 0 spiro atoms. The summed E-state index contributed by atoms with van der Waals surface area (Å²) < 4.78 is 25.0. The van der Waals surface area contributed by atoms with Gasteiger partial charge in [-0.3, -0.25) is 9.46 Å². The molecule has 4 unspecified atom stereocenters. The molecule has 0 aromatic rings. The van der Waals surface area contributed by atoms with E-state index in [1.54, 1.807) is 0 Å². The Morgan fingerprint density at radius 2 is 1.95 bits per heavy atom. The molecule has 2 aliphatic heterocycles. The van der Waals surface area contributed by atoms with Crippen LogP contribution in [0.3, 0.4) is 0 Å². The van der Waals surface area contributed by atoms with Gasteiger partial charge in [0, 0.05) is 16.9 Å². The largest absolute Gasteiger partial charge is 0.351 e. The van der Waals surface area contributed by atoms with Crippen LogP contribution in [0.5, 0.6) is 0 Å². The van der Waals surface area contributed by atoms with Crippen molar-refractivity contribution in [2.24, 2.45) is 11.8 Å². The molecule has 4 bridgehead atoms. The number of hydrogen-bond acceptors (Lipinski definition) is 4. The van der Waals surface area contributed by atoms with Crippen molar-refractivity contribution in [1.82, 2.24) is 4.90 Å². The molecule has 0 amide bonds. The lowest BCUT2D eigenvalue weighted by atomic mass is 9.74. The van der Waals surface area contributed by atoms with Crippen molar-refractivity contribution in [2.75, 3.05) is 13.2 Å². The van der Waals surface area contributed by atoms with Crippen LogP contribution < -0.4 is 0 Å². The molecule has 5 atom stereocenters. The van der Waals surface area contributed by atoms with Crippen molar-refractivity contribution in [3.63, 3.8) is 0 Å². The maximum absolute atomic E-state index is 13.5. The van der Waals surface area contributed by atoms with Crippen LogP contribution in [-0.4, -0.2) is 40.3 Å². The molecule has 4 rings (SSSR count). The van der Waals surface area contributed by atoms with Crippen LogP contribution in [-0.2, 0) is 13.6 Å². The number of hydrogen-bond donors (Lipinski definition) is 0. The number of halogens is 1. The zero-order valence-electron chi connectivity index (χ0n) is 12.7. The van der Waals surface area contributed by atoms with Crippen LogP contribution in [0.15, 0.2) is 0 Å². The van der Waals surface area contributed by atoms with Crippen LogP contribution in [0, 0.1) is 11.8 Å². The Labute approximate surface area is 130 Å². The molecule has 116 valence electrons. The molecule has 0 aromatic heterocycles. The second kappa shape index (κ2) is 5.06. The van der Waals surface area contributed by atoms with Gasteiger partial charge in [-0.05, 0) is 52.4 Å². The van der Waals surface area contributed by atoms with Crippen LogP contribution >= 0.6 is 23.5 Å². The highest BCUT2D eigenvalue weighted by atomic mass is 79.9. The first-order valence-electron chi connectivity index (χ1n) is 7.74. The summed E-state index contributed by atoms with van der Waals surface area (Å²) in [5.74, 6) is 1.12. The van der Waals surface area contributed by atoms with Crippen molar-refractivity contribution in [3.8, 4) is 0 Å². The van der Waals surface area contributed by atoms with Crippen LogP contribution in [0.4, 0.5) is 0 Å². The van der Waals surface area contributed by atoms with Gasteiger partial charge < -0.3 is 9.05 Å². The molecule has 0 aromatic carbocycles. The lowest BCUT2D eigenvalue weighted by Gasteiger charge is -2.54. The van der Waals surface area contributed by atoms with Gasteiger partial charge in [0.15, 0.2) is 0 Å². The van der Waals surface area contributed by atoms with E-state index in [1.165, 1.54) is 0 Å². The van der Waals surface area contributed by atoms with Gasteiger partial charge >= 0.3 is 7.60 Å². The van der Waals surface area contributed by atoms with Gasteiger partial charge in [-0.2, -0.15) is 0 Å². The normalized spacial score (nSPS) is 43.3. The Morgan fingerprint density at radius 3 is 2.45 bits per heavy atom. The highest BCUT2D eigenvalue weighted by Gasteiger charge is 2.80. The van der Waals surface area contributed by atoms with E-state index in [0.29, 0.717) is 42.0 Å². The summed E-state index contributed by atoms with van der Waals surface area (Å²) in [6, 6.07) is 0.860. The van der Waals surface area contributed by atoms with Crippen LogP contribution in [0.1, 0.15) is 40.5 Å². The SMILES string of the molecule is CCOP(=O)(OCC)C12CC3C([C@H](Br)CC31)N2C(C)C. The lowest BCUT2D eigenvalue weighted by Crippen LogP contribution is -2.58. The van der Waals surface area contributed by atoms with E-state index < -0.39 is 7.60 Å². The first-order valence-corrected chi connectivity index (χ1v) is 10.2. The first-order chi connectivity index (χ1) is 9.43. The Morgan fingerprint density at radius 1 is 1.35 bits per heavy atom. The van der Waals surface area contributed by atoms with Crippen molar-refractivity contribution in [1.29, 1.82) is 0 Å². The highest BCUT2D eigenvalue weighted by molar-refractivity contribution is 9.09. The summed E-state index contributed by atoms with van der Waals surface area (Å²) in [6.07, 6.45) is 2.07. The average molecular weight is 366 g/mol. The third kappa shape index (κ3) is 1.68. The van der Waals surface area contributed by atoms with Crippen molar-refractivity contribution in [3.05, 3.63) is 0 Å². The fourth-order valence-electron chi connectivity index (χ4n) is 4.98. The van der Waals surface area contributed by atoms with Gasteiger partial charge in [-0.1, -0.05) is 15.9 Å². The average Bonchev–Trinajstić information content (AvgIpc) is 2.93. The van der Waals surface area contributed by atoms with E-state index >= 15 is 0 Å². The molecule has 2 saturated carbocycles. The molecule has 0 radical (unpaired) electrons. The van der Waals surface area contributed by atoms with Gasteiger partial charge in [0.2, 0.25) is 0 Å². The zero-order chi connectivity index (χ0) is 14.7. The van der Waals surface area contributed by atoms with E-state index in [-0.39, 0.29) is 5.28 Å². The topological polar surface area (TPSA) is 38.8 Å². The fraction of sp³-hybridized carbons (Fsp3) is 1.00. The summed E-state index contributed by atoms with van der Waals surface area (Å²) in [4.78, 5) is 2.98. The van der Waals surface area contributed by atoms with Crippen molar-refractivity contribution < 1.29 is 13.6 Å². The minimum atomic E-state index is -3.09. The summed E-state index contributed by atoms with van der Waals surface area (Å²) in [5.41, 5.74) is 0. The molecular weight excluding hydrogens is 341 g/mol. The fourth-order valence-corrected chi connectivity index (χ4v) is 9.02. The van der Waals surface area contributed by atoms with Crippen LogP contribution in [0.25, 0.3) is 0 Å². The predicted molar refractivity (Wildman–Crippen MR) is 83.3 cm³/mol. The van der Waals surface area contributed by atoms with Crippen LogP contribution in [0.2, 0.25) is 0 Å². The molecule has 2 aliphatic carbocycles. The Kier molecular flexibility index (Phi) is 3.91. The maximum atomic E-state index is 13.5. The summed E-state index contributed by atoms with van der Waals surface area (Å²) in [7, 11) is -3.09. The second-order valence-corrected chi connectivity index (χ2v) is 9.89. The van der Waals surface area contributed by atoms with Gasteiger partial charge in [0.05, 0.1) is 13.2 Å². The third-order valence-corrected chi connectivity index (χ3v) is 9.14. The minimum Gasteiger partial charge on any atom is -0.308 e. The van der Waals surface area contributed by atoms with E-state index in [9.17, 15) is 4.57 Å². The quantitative estimate of drug-likeness (QED) is 0.529. The Bertz CT molecular complexity index is 436. The molecule has 0 N–H and O–H groups in total. The number of piperidine rings is 1. The molecule has 4 nitrogen and oxygen atoms in total. The lowest BCUT2D eigenvalue weighted by molar-refractivity contribution is 0.0246. The van der Waals surface area contributed by atoms with E-state index in [4.69, 9.17) is 9.05 Å². The standard InChI is InChI=1S/C14H25BrNO3P/c1-5-18-20(17,19-6-2)14-8-10-11(14)7-12(15)13(10)16(14)9(3)4/h9-13H,5-8H2,1-4H3/t10?,11?,12-,13?,14?/m1/s1. The Hall–Kier alpha value is 0.590. The molecule has 6 heteroatoms. The van der Waals surface area contributed by atoms with Gasteiger partial charge in [0.1, 0.15) is 5.28 Å². The molecule has 2 saturated heterocycles. The second-order valence-electron chi connectivity index (χ2n) is 6.43. The maximum Gasteiger partial charge on any atom is 0.351 e.